The third-order valence-corrected chi connectivity index (χ3v) is 2.51. The molecule has 1 nitrogen and oxygen atoms in total. The Morgan fingerprint density at radius 3 is 2.13 bits per heavy atom. The lowest BCUT2D eigenvalue weighted by atomic mass is 10.0. The monoisotopic (exact) mass is 269 g/mol. The average molecular weight is 270 g/mol. The van der Waals surface area contributed by atoms with Crippen LogP contribution in [0.1, 0.15) is 18.0 Å². The zero-order chi connectivity index (χ0) is 10.6. The van der Waals surface area contributed by atoms with Gasteiger partial charge in [0.2, 0.25) is 0 Å². The number of benzene rings is 1. The Bertz CT molecular complexity index is 287. The molecular weight excluding hydrogens is 250 g/mol. The highest BCUT2D eigenvalue weighted by Crippen LogP contribution is 2.26. The molecule has 1 aromatic rings. The maximum absolute atomic E-state index is 3.83. The minimum atomic E-state index is 0. The van der Waals surface area contributed by atoms with E-state index in [1.165, 1.54) is 5.56 Å². The van der Waals surface area contributed by atoms with Crippen molar-refractivity contribution >= 4 is 0 Å². The molecule has 0 spiro atoms. The number of halogens is 1. The molecule has 15 heavy (non-hydrogen) atoms. The molecule has 0 aromatic heterocycles. The molecule has 0 aliphatic carbocycles. The van der Waals surface area contributed by atoms with Crippen molar-refractivity contribution in [3.63, 3.8) is 0 Å². The van der Waals surface area contributed by atoms with Crippen LogP contribution < -0.4 is 17.0 Å². The van der Waals surface area contributed by atoms with Gasteiger partial charge < -0.3 is 21.5 Å². The molecular formula is C13H20BrN. The number of quaternary nitrogens is 1. The lowest BCUT2D eigenvalue weighted by Gasteiger charge is -2.34. The fourth-order valence-electron chi connectivity index (χ4n) is 1.73. The van der Waals surface area contributed by atoms with Crippen LogP contribution >= 0.6 is 0 Å². The molecule has 0 saturated heterocycles. The molecule has 2 heteroatoms. The standard InChI is InChI=1S/C13H20N.BrH/c1-5-9-13(14(2,3)4)12-10-7-6-8-11-12;/h5-8,10-11,13H,1,9H2,2-4H3;1H/q+1;/p-1. The van der Waals surface area contributed by atoms with Crippen molar-refractivity contribution in [2.24, 2.45) is 0 Å². The number of hydrogen-bond acceptors (Lipinski definition) is 0. The fraction of sp³-hybridized carbons (Fsp3) is 0.385. The summed E-state index contributed by atoms with van der Waals surface area (Å²) < 4.78 is 0.941. The molecule has 1 aromatic carbocycles. The third-order valence-electron chi connectivity index (χ3n) is 2.51. The van der Waals surface area contributed by atoms with Crippen LogP contribution in [0.2, 0.25) is 0 Å². The molecule has 0 fully saturated rings. The van der Waals surface area contributed by atoms with E-state index in [1.807, 2.05) is 6.08 Å². The van der Waals surface area contributed by atoms with Crippen LogP contribution in [0.4, 0.5) is 0 Å². The second-order valence-electron chi connectivity index (χ2n) is 4.57. The van der Waals surface area contributed by atoms with Gasteiger partial charge in [0.05, 0.1) is 21.1 Å². The normalized spacial score (nSPS) is 12.7. The zero-order valence-corrected chi connectivity index (χ0v) is 11.4. The zero-order valence-electron chi connectivity index (χ0n) is 9.78. The van der Waals surface area contributed by atoms with Crippen LogP contribution in [0.3, 0.4) is 0 Å². The number of nitrogens with zero attached hydrogens (tertiary/aromatic N) is 1. The molecule has 1 atom stereocenters. The summed E-state index contributed by atoms with van der Waals surface area (Å²) in [5.74, 6) is 0. The topological polar surface area (TPSA) is 0 Å². The highest BCUT2D eigenvalue weighted by molar-refractivity contribution is 5.18. The highest BCUT2D eigenvalue weighted by atomic mass is 79.9. The quantitative estimate of drug-likeness (QED) is 0.534. The Hall–Kier alpha value is -0.600. The first-order chi connectivity index (χ1) is 6.55. The second kappa shape index (κ2) is 6.09. The van der Waals surface area contributed by atoms with E-state index in [-0.39, 0.29) is 17.0 Å². The minimum Gasteiger partial charge on any atom is -1.00 e. The van der Waals surface area contributed by atoms with E-state index in [1.54, 1.807) is 0 Å². The van der Waals surface area contributed by atoms with Gasteiger partial charge in [-0.25, -0.2) is 0 Å². The summed E-state index contributed by atoms with van der Waals surface area (Å²) in [6.45, 7) is 3.83. The van der Waals surface area contributed by atoms with Crippen LogP contribution in [0.25, 0.3) is 0 Å². The number of hydrogen-bond donors (Lipinski definition) is 0. The third kappa shape index (κ3) is 4.18. The maximum atomic E-state index is 3.83. The van der Waals surface area contributed by atoms with E-state index in [4.69, 9.17) is 0 Å². The lowest BCUT2D eigenvalue weighted by molar-refractivity contribution is -0.901. The summed E-state index contributed by atoms with van der Waals surface area (Å²) in [5, 5.41) is 0. The Morgan fingerprint density at radius 2 is 1.73 bits per heavy atom. The largest absolute Gasteiger partial charge is 1.00 e. The predicted molar refractivity (Wildman–Crippen MR) is 62.0 cm³/mol. The van der Waals surface area contributed by atoms with E-state index in [0.29, 0.717) is 6.04 Å². The van der Waals surface area contributed by atoms with Gasteiger partial charge in [0, 0.05) is 12.0 Å². The Morgan fingerprint density at radius 1 is 1.20 bits per heavy atom. The van der Waals surface area contributed by atoms with E-state index in [0.717, 1.165) is 10.9 Å². The van der Waals surface area contributed by atoms with E-state index < -0.39 is 0 Å². The molecule has 0 bridgehead atoms. The summed E-state index contributed by atoms with van der Waals surface area (Å²) >= 11 is 0. The average Bonchev–Trinajstić information content (AvgIpc) is 2.14. The molecule has 0 radical (unpaired) electrons. The minimum absolute atomic E-state index is 0. The first-order valence-corrected chi connectivity index (χ1v) is 5.02. The first-order valence-electron chi connectivity index (χ1n) is 5.02. The van der Waals surface area contributed by atoms with Gasteiger partial charge in [-0.1, -0.05) is 36.4 Å². The Kier molecular flexibility index (Phi) is 5.84. The van der Waals surface area contributed by atoms with Crippen molar-refractivity contribution in [1.29, 1.82) is 0 Å². The smallest absolute Gasteiger partial charge is 0.117 e. The highest BCUT2D eigenvalue weighted by Gasteiger charge is 2.23. The SMILES string of the molecule is C=CCC(c1ccccc1)[N+](C)(C)C.[Br-]. The first kappa shape index (κ1) is 14.4. The molecule has 0 saturated carbocycles. The molecule has 0 aliphatic rings. The van der Waals surface area contributed by atoms with E-state index in [2.05, 4.69) is 58.1 Å². The summed E-state index contributed by atoms with van der Waals surface area (Å²) in [4.78, 5) is 0. The van der Waals surface area contributed by atoms with Crippen molar-refractivity contribution in [2.75, 3.05) is 21.1 Å². The summed E-state index contributed by atoms with van der Waals surface area (Å²) in [6, 6.07) is 11.1. The fourth-order valence-corrected chi connectivity index (χ4v) is 1.73. The van der Waals surface area contributed by atoms with Crippen LogP contribution in [0, 0.1) is 0 Å². The maximum Gasteiger partial charge on any atom is 0.117 e. The van der Waals surface area contributed by atoms with Crippen LogP contribution in [0.5, 0.6) is 0 Å². The van der Waals surface area contributed by atoms with Crippen molar-refractivity contribution in [1.82, 2.24) is 0 Å². The molecule has 84 valence electrons. The van der Waals surface area contributed by atoms with Gasteiger partial charge >= 0.3 is 0 Å². The van der Waals surface area contributed by atoms with Crippen LogP contribution in [0.15, 0.2) is 43.0 Å². The summed E-state index contributed by atoms with van der Waals surface area (Å²) in [6.07, 6.45) is 3.02. The van der Waals surface area contributed by atoms with Crippen molar-refractivity contribution < 1.29 is 21.5 Å². The van der Waals surface area contributed by atoms with Gasteiger partial charge in [0.25, 0.3) is 0 Å². The van der Waals surface area contributed by atoms with Crippen LogP contribution in [-0.2, 0) is 0 Å². The van der Waals surface area contributed by atoms with E-state index >= 15 is 0 Å². The van der Waals surface area contributed by atoms with Crippen LogP contribution in [-0.4, -0.2) is 25.6 Å². The molecule has 0 heterocycles. The Labute approximate surface area is 104 Å². The summed E-state index contributed by atoms with van der Waals surface area (Å²) in [5.41, 5.74) is 1.39. The molecule has 1 rings (SSSR count). The van der Waals surface area contributed by atoms with Gasteiger partial charge in [0.15, 0.2) is 0 Å². The molecule has 0 aliphatic heterocycles. The van der Waals surface area contributed by atoms with Gasteiger partial charge in [0.1, 0.15) is 6.04 Å². The van der Waals surface area contributed by atoms with Gasteiger partial charge in [-0.3, -0.25) is 0 Å². The predicted octanol–water partition coefficient (Wildman–Crippen LogP) is 0.0140. The van der Waals surface area contributed by atoms with Crippen molar-refractivity contribution in [3.8, 4) is 0 Å². The Balaban J connectivity index is 0.00000196. The number of rotatable bonds is 4. The molecule has 1 unspecified atom stereocenters. The second-order valence-corrected chi connectivity index (χ2v) is 4.57. The summed E-state index contributed by atoms with van der Waals surface area (Å²) in [7, 11) is 6.67. The van der Waals surface area contributed by atoms with Gasteiger partial charge in [-0.2, -0.15) is 0 Å². The molecule has 0 N–H and O–H groups in total. The van der Waals surface area contributed by atoms with Crippen molar-refractivity contribution in [2.45, 2.75) is 12.5 Å². The lowest BCUT2D eigenvalue weighted by Crippen LogP contribution is -3.00. The molecule has 0 amide bonds. The van der Waals surface area contributed by atoms with Gasteiger partial charge in [-0.15, -0.1) is 6.58 Å². The van der Waals surface area contributed by atoms with Gasteiger partial charge in [-0.05, 0) is 0 Å². The van der Waals surface area contributed by atoms with E-state index in [9.17, 15) is 0 Å². The van der Waals surface area contributed by atoms with Crippen molar-refractivity contribution in [3.05, 3.63) is 48.6 Å².